The number of primary amides is 2. The fourth-order valence-corrected chi connectivity index (χ4v) is 6.02. The van der Waals surface area contributed by atoms with Gasteiger partial charge >= 0.3 is 13.1 Å². The van der Waals surface area contributed by atoms with Gasteiger partial charge in [-0.1, -0.05) is 69.8 Å². The number of carboxylic acid groups (broad SMARTS) is 1. The maximum absolute atomic E-state index is 11.2. The van der Waals surface area contributed by atoms with Crippen LogP contribution >= 0.6 is 63.7 Å². The zero-order valence-electron chi connectivity index (χ0n) is 30.1. The van der Waals surface area contributed by atoms with E-state index < -0.39 is 24.9 Å². The van der Waals surface area contributed by atoms with Crippen LogP contribution in [0.1, 0.15) is 31.1 Å². The highest BCUT2D eigenvalue weighted by Gasteiger charge is 2.12. The molecule has 7 rings (SSSR count). The topological polar surface area (TPSA) is 334 Å². The zero-order chi connectivity index (χ0) is 44.0. The molecule has 0 spiro atoms. The number of halogens is 4. The second-order valence-electron chi connectivity index (χ2n) is 11.5. The Bertz CT molecular complexity index is 2610. The largest absolute Gasteiger partial charge is 0.488 e. The minimum absolute atomic E-state index is 0.104. The Kier molecular flexibility index (Phi) is 17.9. The van der Waals surface area contributed by atoms with Crippen LogP contribution in [-0.2, 0) is 0 Å². The Morgan fingerprint density at radius 3 is 1.27 bits per heavy atom. The molecular formula is C37H32BBr4N9O8. The second-order valence-corrected chi connectivity index (χ2v) is 15.2. The molecule has 0 unspecified atom stereocenters. The van der Waals surface area contributed by atoms with Crippen molar-refractivity contribution in [2.75, 3.05) is 17.2 Å². The first-order chi connectivity index (χ1) is 27.8. The van der Waals surface area contributed by atoms with Gasteiger partial charge in [0.25, 0.3) is 22.9 Å². The summed E-state index contributed by atoms with van der Waals surface area (Å²) in [6.45, 7) is 0. The number of amides is 2. The van der Waals surface area contributed by atoms with Gasteiger partial charge in [-0.2, -0.15) is 0 Å². The number of nitrogen functional groups attached to an aromatic ring is 3. The van der Waals surface area contributed by atoms with Crippen molar-refractivity contribution in [1.29, 1.82) is 0 Å². The first-order valence-electron chi connectivity index (χ1n) is 16.2. The van der Waals surface area contributed by atoms with Crippen LogP contribution in [0.15, 0.2) is 131 Å². The molecule has 304 valence electrons. The average molecular weight is 1060 g/mol. The monoisotopic (exact) mass is 1060 g/mol. The number of fused-ring (bicyclic) bond motifs is 2. The van der Waals surface area contributed by atoms with Crippen molar-refractivity contribution in [1.82, 2.24) is 19.9 Å². The average Bonchev–Trinajstić information content (AvgIpc) is 3.15. The molecular weight excluding hydrogens is 1030 g/mol. The summed E-state index contributed by atoms with van der Waals surface area (Å²) < 4.78 is 3.37. The van der Waals surface area contributed by atoms with Gasteiger partial charge in [-0.15, -0.1) is 0 Å². The molecule has 0 fully saturated rings. The van der Waals surface area contributed by atoms with E-state index in [0.717, 1.165) is 17.9 Å². The van der Waals surface area contributed by atoms with Crippen LogP contribution in [0.3, 0.4) is 0 Å². The van der Waals surface area contributed by atoms with E-state index in [1.807, 2.05) is 12.1 Å². The summed E-state index contributed by atoms with van der Waals surface area (Å²) in [6.07, 6.45) is 2.68. The Morgan fingerprint density at radius 2 is 0.898 bits per heavy atom. The lowest BCUT2D eigenvalue weighted by Gasteiger charge is -2.00. The van der Waals surface area contributed by atoms with Gasteiger partial charge in [0, 0.05) is 35.0 Å². The number of nitrogens with zero attached hydrogens (tertiary/aromatic N) is 2. The quantitative estimate of drug-likeness (QED) is 0.0871. The van der Waals surface area contributed by atoms with E-state index in [9.17, 15) is 24.0 Å². The van der Waals surface area contributed by atoms with Crippen LogP contribution in [0.5, 0.6) is 0 Å². The van der Waals surface area contributed by atoms with Crippen molar-refractivity contribution >= 4 is 133 Å². The standard InChI is InChI=1S/C8H7BN2O3.C8H5BrN2O.2C7H7BrN2O.C7H6BrNO2/c12-8-6-2-1-5(9(13)14)3-7(6)10-4-11-8;9-5-1-2-6-7(3-5)10-4-11-8(6)12;3*8-4-1-2-5(7(10)11)6(9)3-4/h1-4,13-14H,(H,10,11,12);1-4H,(H,10,11,12);2*1-3H,9H2,(H2,10,11);1-3H,9H2,(H,10,11). The zero-order valence-corrected chi connectivity index (χ0v) is 36.4. The highest BCUT2D eigenvalue weighted by molar-refractivity contribution is 9.11. The van der Waals surface area contributed by atoms with Gasteiger partial charge in [-0.05, 0) is 90.4 Å². The molecule has 0 radical (unpaired) electrons. The smallest absolute Gasteiger partial charge is 0.478 e. The molecule has 0 aliphatic heterocycles. The Hall–Kier alpha value is -5.91. The number of aromatic nitrogens is 4. The van der Waals surface area contributed by atoms with E-state index in [-0.39, 0.29) is 22.4 Å². The molecule has 0 aliphatic carbocycles. The third-order valence-corrected chi connectivity index (χ3v) is 9.34. The molecule has 0 saturated carbocycles. The van der Waals surface area contributed by atoms with E-state index in [1.54, 1.807) is 54.6 Å². The van der Waals surface area contributed by atoms with Crippen molar-refractivity contribution < 1.29 is 29.5 Å². The first kappa shape index (κ1) is 47.5. The maximum atomic E-state index is 11.2. The van der Waals surface area contributed by atoms with Gasteiger partial charge in [-0.3, -0.25) is 19.2 Å². The van der Waals surface area contributed by atoms with Crippen LogP contribution < -0.4 is 45.2 Å². The number of hydrogen-bond donors (Lipinski definition) is 10. The van der Waals surface area contributed by atoms with Crippen LogP contribution in [0.2, 0.25) is 0 Å². The molecule has 0 atom stereocenters. The third kappa shape index (κ3) is 14.5. The third-order valence-electron chi connectivity index (χ3n) is 7.37. The summed E-state index contributed by atoms with van der Waals surface area (Å²) >= 11 is 12.9. The van der Waals surface area contributed by atoms with Gasteiger partial charge in [0.05, 0.1) is 51.2 Å². The minimum atomic E-state index is -1.54. The fourth-order valence-electron chi connectivity index (χ4n) is 4.53. The number of anilines is 3. The second kappa shape index (κ2) is 22.3. The van der Waals surface area contributed by atoms with E-state index >= 15 is 0 Å². The molecule has 5 aromatic carbocycles. The van der Waals surface area contributed by atoms with Gasteiger partial charge in [0.1, 0.15) is 0 Å². The molecule has 59 heavy (non-hydrogen) atoms. The van der Waals surface area contributed by atoms with Crippen molar-refractivity contribution in [2.24, 2.45) is 11.5 Å². The number of carbonyl (C=O) groups is 3. The van der Waals surface area contributed by atoms with E-state index in [2.05, 4.69) is 83.7 Å². The number of carboxylic acids is 1. The van der Waals surface area contributed by atoms with Crippen molar-refractivity contribution in [2.45, 2.75) is 0 Å². The van der Waals surface area contributed by atoms with Crippen molar-refractivity contribution in [3.05, 3.63) is 159 Å². The van der Waals surface area contributed by atoms with E-state index in [0.29, 0.717) is 49.8 Å². The van der Waals surface area contributed by atoms with Crippen molar-refractivity contribution in [3.63, 3.8) is 0 Å². The van der Waals surface area contributed by atoms with E-state index in [1.165, 1.54) is 36.9 Å². The Labute approximate surface area is 367 Å². The Morgan fingerprint density at radius 1 is 0.542 bits per heavy atom. The number of aromatic amines is 2. The van der Waals surface area contributed by atoms with Crippen LogP contribution in [-0.4, -0.2) is 60.0 Å². The fraction of sp³-hybridized carbons (Fsp3) is 0. The predicted octanol–water partition coefficient (Wildman–Crippen LogP) is 4.28. The van der Waals surface area contributed by atoms with Crippen LogP contribution in [0.4, 0.5) is 17.1 Å². The molecule has 0 bridgehead atoms. The molecule has 7 aromatic rings. The number of hydrogen-bond acceptors (Lipinski definition) is 12. The molecule has 0 saturated heterocycles. The predicted molar refractivity (Wildman–Crippen MR) is 242 cm³/mol. The SMILES string of the molecule is NC(=O)c1ccc(Br)cc1N.NC(=O)c1ccc(Br)cc1N.Nc1cc(Br)ccc1C(=O)O.O=c1[nH]cnc2cc(B(O)O)ccc12.O=c1[nH]cnc2cc(Br)ccc12. The van der Waals surface area contributed by atoms with Gasteiger partial charge in [-0.25, -0.2) is 14.8 Å². The summed E-state index contributed by atoms with van der Waals surface area (Å²) in [5, 5.41) is 27.4. The minimum Gasteiger partial charge on any atom is -0.478 e. The van der Waals surface area contributed by atoms with Crippen molar-refractivity contribution in [3.8, 4) is 0 Å². The molecule has 15 N–H and O–H groups in total. The van der Waals surface area contributed by atoms with Gasteiger partial charge in [0.2, 0.25) is 0 Å². The highest BCUT2D eigenvalue weighted by atomic mass is 79.9. The molecule has 0 aliphatic rings. The normalized spacial score (nSPS) is 9.93. The number of benzene rings is 5. The maximum Gasteiger partial charge on any atom is 0.488 e. The summed E-state index contributed by atoms with van der Waals surface area (Å²) in [6, 6.07) is 24.4. The van der Waals surface area contributed by atoms with Crippen LogP contribution in [0, 0.1) is 0 Å². The van der Waals surface area contributed by atoms with Gasteiger partial charge in [0.15, 0.2) is 0 Å². The first-order valence-corrected chi connectivity index (χ1v) is 19.4. The molecule has 2 heterocycles. The lowest BCUT2D eigenvalue weighted by Crippen LogP contribution is -2.29. The molecule has 17 nitrogen and oxygen atoms in total. The lowest BCUT2D eigenvalue weighted by atomic mass is 9.80. The number of aromatic carboxylic acids is 1. The summed E-state index contributed by atoms with van der Waals surface area (Å²) in [4.78, 5) is 67.0. The summed E-state index contributed by atoms with van der Waals surface area (Å²) in [7, 11) is -1.54. The van der Waals surface area contributed by atoms with E-state index in [4.69, 9.17) is 43.8 Å². The number of rotatable bonds is 4. The van der Waals surface area contributed by atoms with Crippen LogP contribution in [0.25, 0.3) is 21.8 Å². The highest BCUT2D eigenvalue weighted by Crippen LogP contribution is 2.20. The lowest BCUT2D eigenvalue weighted by molar-refractivity contribution is 0.0697. The molecule has 22 heteroatoms. The van der Waals surface area contributed by atoms with Gasteiger partial charge < -0.3 is 53.8 Å². The Balaban J connectivity index is 0.000000198. The number of carbonyl (C=O) groups excluding carboxylic acids is 2. The summed E-state index contributed by atoms with van der Waals surface area (Å²) in [5.41, 5.74) is 29.5. The number of nitrogens with one attached hydrogen (secondary N) is 2. The molecule has 2 amide bonds. The number of nitrogens with two attached hydrogens (primary N) is 5. The molecule has 2 aromatic heterocycles. The summed E-state index contributed by atoms with van der Waals surface area (Å²) in [5.74, 6) is -2.01. The number of H-pyrrole nitrogens is 2.